The van der Waals surface area contributed by atoms with E-state index in [4.69, 9.17) is 9.73 Å². The van der Waals surface area contributed by atoms with Crippen LogP contribution in [0.5, 0.6) is 5.75 Å². The van der Waals surface area contributed by atoms with E-state index in [9.17, 15) is 0 Å². The van der Waals surface area contributed by atoms with Crippen molar-refractivity contribution in [2.24, 2.45) is 4.99 Å². The van der Waals surface area contributed by atoms with Crippen LogP contribution in [0.25, 0.3) is 0 Å². The van der Waals surface area contributed by atoms with Crippen LogP contribution in [0, 0.1) is 0 Å². The van der Waals surface area contributed by atoms with Crippen LogP contribution >= 0.6 is 11.8 Å². The van der Waals surface area contributed by atoms with Crippen molar-refractivity contribution in [1.29, 1.82) is 0 Å². The van der Waals surface area contributed by atoms with Gasteiger partial charge in [-0.15, -0.1) is 0 Å². The molecule has 100 valence electrons. The third-order valence-corrected chi connectivity index (χ3v) is 4.22. The molecule has 0 aromatic heterocycles. The lowest BCUT2D eigenvalue weighted by molar-refractivity contribution is 0.415. The predicted octanol–water partition coefficient (Wildman–Crippen LogP) is 4.50. The molecule has 1 aliphatic rings. The number of rotatable bonds is 2. The Bertz CT molecular complexity index is 686. The zero-order chi connectivity index (χ0) is 13.9. The number of ether oxygens (including phenoxy) is 1. The first-order chi connectivity index (χ1) is 9.78. The quantitative estimate of drug-likeness (QED) is 0.808. The first-order valence-electron chi connectivity index (χ1n) is 6.44. The molecule has 0 bridgehead atoms. The lowest BCUT2D eigenvalue weighted by atomic mass is 10.0. The van der Waals surface area contributed by atoms with Gasteiger partial charge in [-0.05, 0) is 42.7 Å². The molecule has 0 radical (unpaired) electrons. The Morgan fingerprint density at radius 1 is 1.00 bits per heavy atom. The van der Waals surface area contributed by atoms with Crippen molar-refractivity contribution < 1.29 is 4.74 Å². The van der Waals surface area contributed by atoms with Crippen molar-refractivity contribution in [3.63, 3.8) is 0 Å². The summed E-state index contributed by atoms with van der Waals surface area (Å²) >= 11 is 1.72. The Kier molecular flexibility index (Phi) is 3.61. The molecule has 0 fully saturated rings. The summed E-state index contributed by atoms with van der Waals surface area (Å²) in [5.74, 6) is 0.859. The molecule has 3 rings (SSSR count). The summed E-state index contributed by atoms with van der Waals surface area (Å²) in [6, 6.07) is 16.4. The molecule has 0 N–H and O–H groups in total. The smallest absolute Gasteiger partial charge is 0.118 e. The average molecular weight is 281 g/mol. The maximum Gasteiger partial charge on any atom is 0.118 e. The van der Waals surface area contributed by atoms with E-state index in [0.717, 1.165) is 22.7 Å². The van der Waals surface area contributed by atoms with E-state index < -0.39 is 0 Å². The molecule has 0 unspecified atom stereocenters. The molecule has 0 aliphatic carbocycles. The minimum Gasteiger partial charge on any atom is -0.497 e. The molecular formula is C17H15NOS. The van der Waals surface area contributed by atoms with Gasteiger partial charge in [0.25, 0.3) is 0 Å². The van der Waals surface area contributed by atoms with E-state index in [1.165, 1.54) is 10.5 Å². The van der Waals surface area contributed by atoms with Gasteiger partial charge in [-0.2, -0.15) is 0 Å². The van der Waals surface area contributed by atoms with Crippen molar-refractivity contribution in [2.45, 2.75) is 11.8 Å². The van der Waals surface area contributed by atoms with Crippen molar-refractivity contribution in [2.75, 3.05) is 7.11 Å². The second kappa shape index (κ2) is 5.55. The maximum atomic E-state index is 5.22. The number of aliphatic imine (C=N–C) groups is 1. The normalized spacial score (nSPS) is 13.9. The highest BCUT2D eigenvalue weighted by Crippen LogP contribution is 2.31. The van der Waals surface area contributed by atoms with E-state index in [1.807, 2.05) is 19.1 Å². The standard InChI is InChI=1S/C17H15NOS/c1-12-11-20-16-6-4-3-5-15(16)17(18-12)13-7-9-14(19-2)10-8-13/h3-11H,1-2H3. The molecule has 1 aliphatic heterocycles. The maximum absolute atomic E-state index is 5.22. The van der Waals surface area contributed by atoms with Gasteiger partial charge < -0.3 is 4.74 Å². The topological polar surface area (TPSA) is 21.6 Å². The van der Waals surface area contributed by atoms with E-state index in [2.05, 4.69) is 41.8 Å². The third kappa shape index (κ3) is 2.49. The summed E-state index contributed by atoms with van der Waals surface area (Å²) in [6.07, 6.45) is 0. The summed E-state index contributed by atoms with van der Waals surface area (Å²) < 4.78 is 5.22. The van der Waals surface area contributed by atoms with Gasteiger partial charge in [0.1, 0.15) is 5.75 Å². The fourth-order valence-electron chi connectivity index (χ4n) is 2.15. The molecule has 1 heterocycles. The van der Waals surface area contributed by atoms with Gasteiger partial charge in [0.2, 0.25) is 0 Å². The molecule has 0 amide bonds. The number of methoxy groups -OCH3 is 1. The largest absolute Gasteiger partial charge is 0.497 e. The minimum atomic E-state index is 0.859. The summed E-state index contributed by atoms with van der Waals surface area (Å²) in [6.45, 7) is 2.03. The Morgan fingerprint density at radius 2 is 1.75 bits per heavy atom. The van der Waals surface area contributed by atoms with Crippen molar-refractivity contribution in [3.05, 3.63) is 70.8 Å². The van der Waals surface area contributed by atoms with Crippen LogP contribution in [0.3, 0.4) is 0 Å². The van der Waals surface area contributed by atoms with Crippen molar-refractivity contribution in [1.82, 2.24) is 0 Å². The molecule has 0 atom stereocenters. The highest BCUT2D eigenvalue weighted by molar-refractivity contribution is 8.02. The van der Waals surface area contributed by atoms with Gasteiger partial charge in [0.05, 0.1) is 12.8 Å². The summed E-state index contributed by atoms with van der Waals surface area (Å²) in [7, 11) is 1.68. The number of benzene rings is 2. The van der Waals surface area contributed by atoms with Gasteiger partial charge in [0.15, 0.2) is 0 Å². The van der Waals surface area contributed by atoms with E-state index in [1.54, 1.807) is 18.9 Å². The van der Waals surface area contributed by atoms with Gasteiger partial charge >= 0.3 is 0 Å². The van der Waals surface area contributed by atoms with Gasteiger partial charge in [0, 0.05) is 21.7 Å². The van der Waals surface area contributed by atoms with E-state index in [0.29, 0.717) is 0 Å². The predicted molar refractivity (Wildman–Crippen MR) is 84.7 cm³/mol. The van der Waals surface area contributed by atoms with Crippen molar-refractivity contribution in [3.8, 4) is 5.75 Å². The number of allylic oxidation sites excluding steroid dienone is 1. The highest BCUT2D eigenvalue weighted by Gasteiger charge is 2.14. The second-order valence-electron chi connectivity index (χ2n) is 4.56. The number of hydrogen-bond acceptors (Lipinski definition) is 3. The van der Waals surface area contributed by atoms with Crippen LogP contribution in [0.15, 0.2) is 69.5 Å². The van der Waals surface area contributed by atoms with Crippen LogP contribution in [0.2, 0.25) is 0 Å². The molecule has 2 aromatic rings. The van der Waals surface area contributed by atoms with Crippen LogP contribution in [0.1, 0.15) is 18.1 Å². The molecule has 0 saturated carbocycles. The van der Waals surface area contributed by atoms with E-state index in [-0.39, 0.29) is 0 Å². The monoisotopic (exact) mass is 281 g/mol. The highest BCUT2D eigenvalue weighted by atomic mass is 32.2. The number of hydrogen-bond donors (Lipinski definition) is 0. The molecule has 0 saturated heterocycles. The molecule has 0 spiro atoms. The number of nitrogens with zero attached hydrogens (tertiary/aromatic N) is 1. The lowest BCUT2D eigenvalue weighted by Crippen LogP contribution is -2.04. The number of fused-ring (bicyclic) bond motifs is 1. The first-order valence-corrected chi connectivity index (χ1v) is 7.32. The Balaban J connectivity index is 2.12. The third-order valence-electron chi connectivity index (χ3n) is 3.15. The first kappa shape index (κ1) is 13.0. The summed E-state index contributed by atoms with van der Waals surface area (Å²) in [4.78, 5) is 5.99. The molecule has 3 heteroatoms. The summed E-state index contributed by atoms with van der Waals surface area (Å²) in [5, 5.41) is 2.09. The van der Waals surface area contributed by atoms with Gasteiger partial charge in [-0.3, -0.25) is 4.99 Å². The Morgan fingerprint density at radius 3 is 2.50 bits per heavy atom. The Labute approximate surface area is 123 Å². The molecule has 2 nitrogen and oxygen atoms in total. The Hall–Kier alpha value is -2.00. The fraction of sp³-hybridized carbons (Fsp3) is 0.118. The zero-order valence-corrected chi connectivity index (χ0v) is 12.3. The molecular weight excluding hydrogens is 266 g/mol. The lowest BCUT2D eigenvalue weighted by Gasteiger charge is -2.10. The molecule has 20 heavy (non-hydrogen) atoms. The average Bonchev–Trinajstić information content (AvgIpc) is 2.67. The van der Waals surface area contributed by atoms with Crippen LogP contribution in [-0.2, 0) is 0 Å². The summed E-state index contributed by atoms with van der Waals surface area (Å²) in [5.41, 5.74) is 4.32. The molecule has 2 aromatic carbocycles. The second-order valence-corrected chi connectivity index (χ2v) is 5.47. The van der Waals surface area contributed by atoms with E-state index >= 15 is 0 Å². The van der Waals surface area contributed by atoms with Gasteiger partial charge in [-0.25, -0.2) is 0 Å². The van der Waals surface area contributed by atoms with Gasteiger partial charge in [-0.1, -0.05) is 30.0 Å². The SMILES string of the molecule is COc1ccc(C2=NC(C)=CSc3ccccc32)cc1. The fourth-order valence-corrected chi connectivity index (χ4v) is 2.94. The van der Waals surface area contributed by atoms with Crippen LogP contribution < -0.4 is 4.74 Å². The zero-order valence-electron chi connectivity index (χ0n) is 11.5. The number of thioether (sulfide) groups is 1. The minimum absolute atomic E-state index is 0.859. The van der Waals surface area contributed by atoms with Crippen LogP contribution in [0.4, 0.5) is 0 Å². The van der Waals surface area contributed by atoms with Crippen LogP contribution in [-0.4, -0.2) is 12.8 Å². The van der Waals surface area contributed by atoms with Crippen molar-refractivity contribution >= 4 is 17.5 Å².